The van der Waals surface area contributed by atoms with E-state index in [1.54, 1.807) is 24.3 Å². The first-order valence-corrected chi connectivity index (χ1v) is 6.11. The van der Waals surface area contributed by atoms with Gasteiger partial charge in [-0.2, -0.15) is 0 Å². The summed E-state index contributed by atoms with van der Waals surface area (Å²) in [6, 6.07) is 7.86. The van der Waals surface area contributed by atoms with Crippen molar-refractivity contribution >= 4 is 5.97 Å². The fourth-order valence-electron chi connectivity index (χ4n) is 1.75. The maximum atomic E-state index is 13.5. The highest BCUT2D eigenvalue weighted by Gasteiger charge is 2.31. The molecule has 0 saturated heterocycles. The van der Waals surface area contributed by atoms with Gasteiger partial charge in [-0.1, -0.05) is 17.3 Å². The normalized spacial score (nSPS) is 14.4. The van der Waals surface area contributed by atoms with Crippen LogP contribution in [0.25, 0.3) is 11.3 Å². The summed E-state index contributed by atoms with van der Waals surface area (Å²) in [4.78, 5) is 11.4. The lowest BCUT2D eigenvalue weighted by atomic mass is 10.1. The first kappa shape index (κ1) is 11.9. The lowest BCUT2D eigenvalue weighted by molar-refractivity contribution is -0.146. The van der Waals surface area contributed by atoms with Crippen LogP contribution in [-0.2, 0) is 16.1 Å². The number of nitrogens with zero attached hydrogens (tertiary/aromatic N) is 1. The first-order valence-electron chi connectivity index (χ1n) is 6.11. The van der Waals surface area contributed by atoms with E-state index in [2.05, 4.69) is 5.16 Å². The van der Waals surface area contributed by atoms with Gasteiger partial charge >= 0.3 is 5.97 Å². The summed E-state index contributed by atoms with van der Waals surface area (Å²) in [5, 5.41) is 3.77. The highest BCUT2D eigenvalue weighted by molar-refractivity contribution is 5.74. The number of benzene rings is 1. The molecule has 0 atom stereocenters. The predicted molar refractivity (Wildman–Crippen MR) is 64.4 cm³/mol. The number of ether oxygens (including phenoxy) is 1. The van der Waals surface area contributed by atoms with Crippen molar-refractivity contribution in [2.24, 2.45) is 5.92 Å². The Morgan fingerprint density at radius 3 is 2.95 bits per heavy atom. The van der Waals surface area contributed by atoms with E-state index in [0.29, 0.717) is 17.0 Å². The van der Waals surface area contributed by atoms with Gasteiger partial charge in [0.05, 0.1) is 11.5 Å². The lowest BCUT2D eigenvalue weighted by Crippen LogP contribution is -2.06. The minimum absolute atomic E-state index is 0.0536. The third-order valence-electron chi connectivity index (χ3n) is 2.97. The summed E-state index contributed by atoms with van der Waals surface area (Å²) >= 11 is 0. The average molecular weight is 261 g/mol. The van der Waals surface area contributed by atoms with Crippen molar-refractivity contribution in [1.82, 2.24) is 5.16 Å². The first-order chi connectivity index (χ1) is 9.24. The van der Waals surface area contributed by atoms with Crippen molar-refractivity contribution < 1.29 is 18.4 Å². The molecule has 0 radical (unpaired) electrons. The molecule has 19 heavy (non-hydrogen) atoms. The van der Waals surface area contributed by atoms with Crippen molar-refractivity contribution in [3.05, 3.63) is 41.8 Å². The molecule has 5 heteroatoms. The predicted octanol–water partition coefficient (Wildman–Crippen LogP) is 2.93. The quantitative estimate of drug-likeness (QED) is 0.794. The van der Waals surface area contributed by atoms with Crippen LogP contribution in [0, 0.1) is 11.7 Å². The summed E-state index contributed by atoms with van der Waals surface area (Å²) < 4.78 is 23.7. The number of aromatic nitrogens is 1. The Bertz CT molecular complexity index is 604. The van der Waals surface area contributed by atoms with Crippen molar-refractivity contribution in [1.29, 1.82) is 0 Å². The van der Waals surface area contributed by atoms with Gasteiger partial charge < -0.3 is 9.26 Å². The van der Waals surface area contributed by atoms with Gasteiger partial charge in [-0.3, -0.25) is 4.79 Å². The Kier molecular flexibility index (Phi) is 3.03. The van der Waals surface area contributed by atoms with E-state index in [-0.39, 0.29) is 24.3 Å². The monoisotopic (exact) mass is 261 g/mol. The molecule has 0 aliphatic heterocycles. The van der Waals surface area contributed by atoms with Gasteiger partial charge in [-0.05, 0) is 25.0 Å². The van der Waals surface area contributed by atoms with E-state index < -0.39 is 0 Å². The molecule has 1 heterocycles. The third-order valence-corrected chi connectivity index (χ3v) is 2.97. The van der Waals surface area contributed by atoms with Crippen LogP contribution in [0.3, 0.4) is 0 Å². The second-order valence-electron chi connectivity index (χ2n) is 4.54. The van der Waals surface area contributed by atoms with Crippen molar-refractivity contribution in [3.63, 3.8) is 0 Å². The molecule has 98 valence electrons. The molecule has 0 unspecified atom stereocenters. The van der Waals surface area contributed by atoms with Gasteiger partial charge in [0, 0.05) is 6.07 Å². The van der Waals surface area contributed by atoms with Crippen LogP contribution in [0.4, 0.5) is 4.39 Å². The molecule has 1 saturated carbocycles. The molecule has 0 spiro atoms. The second-order valence-corrected chi connectivity index (χ2v) is 4.54. The number of hydrogen-bond donors (Lipinski definition) is 0. The summed E-state index contributed by atoms with van der Waals surface area (Å²) in [5.41, 5.74) is 0.821. The maximum Gasteiger partial charge on any atom is 0.309 e. The minimum Gasteiger partial charge on any atom is -0.459 e. The lowest BCUT2D eigenvalue weighted by Gasteiger charge is -1.99. The largest absolute Gasteiger partial charge is 0.459 e. The molecule has 1 aliphatic rings. The molecular weight excluding hydrogens is 249 g/mol. The topological polar surface area (TPSA) is 52.3 Å². The molecule has 2 aromatic rings. The molecule has 3 rings (SSSR count). The Labute approximate surface area is 109 Å². The van der Waals surface area contributed by atoms with E-state index in [9.17, 15) is 9.18 Å². The van der Waals surface area contributed by atoms with E-state index in [1.807, 2.05) is 0 Å². The van der Waals surface area contributed by atoms with Gasteiger partial charge in [0.25, 0.3) is 0 Å². The Morgan fingerprint density at radius 2 is 2.21 bits per heavy atom. The average Bonchev–Trinajstić information content (AvgIpc) is 3.16. The molecule has 0 N–H and O–H groups in total. The molecule has 1 aliphatic carbocycles. The smallest absolute Gasteiger partial charge is 0.309 e. The Balaban J connectivity index is 1.69. The number of carbonyl (C=O) groups excluding carboxylic acids is 1. The standard InChI is InChI=1S/C14H12FNO3/c15-12-4-2-1-3-11(12)13-7-10(16-19-13)8-18-14(17)9-5-6-9/h1-4,7,9H,5-6,8H2. The van der Waals surface area contributed by atoms with E-state index >= 15 is 0 Å². The van der Waals surface area contributed by atoms with Crippen LogP contribution in [0.15, 0.2) is 34.9 Å². The fourth-order valence-corrected chi connectivity index (χ4v) is 1.75. The number of carbonyl (C=O) groups is 1. The van der Waals surface area contributed by atoms with E-state index in [0.717, 1.165) is 12.8 Å². The second kappa shape index (κ2) is 4.84. The van der Waals surface area contributed by atoms with Crippen molar-refractivity contribution in [2.75, 3.05) is 0 Å². The number of halogens is 1. The van der Waals surface area contributed by atoms with E-state index in [4.69, 9.17) is 9.26 Å². The summed E-state index contributed by atoms with van der Waals surface area (Å²) in [6.45, 7) is 0.0628. The Hall–Kier alpha value is -2.17. The molecule has 4 nitrogen and oxygen atoms in total. The molecular formula is C14H12FNO3. The van der Waals surface area contributed by atoms with Crippen molar-refractivity contribution in [3.8, 4) is 11.3 Å². The van der Waals surface area contributed by atoms with Crippen LogP contribution < -0.4 is 0 Å². The third kappa shape index (κ3) is 2.65. The molecule has 0 bridgehead atoms. The van der Waals surface area contributed by atoms with Crippen LogP contribution in [0.2, 0.25) is 0 Å². The zero-order valence-corrected chi connectivity index (χ0v) is 10.1. The SMILES string of the molecule is O=C(OCc1cc(-c2ccccc2F)on1)C1CC1. The molecule has 1 aromatic heterocycles. The van der Waals surface area contributed by atoms with Gasteiger partial charge in [0.1, 0.15) is 18.1 Å². The number of esters is 1. The fraction of sp³-hybridized carbons (Fsp3) is 0.286. The summed E-state index contributed by atoms with van der Waals surface area (Å²) in [7, 11) is 0. The number of rotatable bonds is 4. The summed E-state index contributed by atoms with van der Waals surface area (Å²) in [6.07, 6.45) is 1.80. The Morgan fingerprint density at radius 1 is 1.42 bits per heavy atom. The maximum absolute atomic E-state index is 13.5. The van der Waals surface area contributed by atoms with Gasteiger partial charge in [0.2, 0.25) is 0 Å². The minimum atomic E-state index is -0.375. The number of hydrogen-bond acceptors (Lipinski definition) is 4. The molecule has 1 fully saturated rings. The van der Waals surface area contributed by atoms with E-state index in [1.165, 1.54) is 6.07 Å². The van der Waals surface area contributed by atoms with Crippen LogP contribution >= 0.6 is 0 Å². The van der Waals surface area contributed by atoms with Crippen LogP contribution in [0.5, 0.6) is 0 Å². The van der Waals surface area contributed by atoms with Gasteiger partial charge in [-0.25, -0.2) is 4.39 Å². The highest BCUT2D eigenvalue weighted by Crippen LogP contribution is 2.30. The zero-order valence-electron chi connectivity index (χ0n) is 10.1. The van der Waals surface area contributed by atoms with Crippen LogP contribution in [-0.4, -0.2) is 11.1 Å². The van der Waals surface area contributed by atoms with Crippen LogP contribution in [0.1, 0.15) is 18.5 Å². The van der Waals surface area contributed by atoms with Crippen molar-refractivity contribution in [2.45, 2.75) is 19.4 Å². The molecule has 0 amide bonds. The van der Waals surface area contributed by atoms with Gasteiger partial charge in [0.15, 0.2) is 5.76 Å². The zero-order chi connectivity index (χ0) is 13.2. The highest BCUT2D eigenvalue weighted by atomic mass is 19.1. The van der Waals surface area contributed by atoms with Gasteiger partial charge in [-0.15, -0.1) is 0 Å². The summed E-state index contributed by atoms with van der Waals surface area (Å²) in [5.74, 6) is -0.191. The molecule has 1 aromatic carbocycles.